The Kier molecular flexibility index (Phi) is 4.07. The first kappa shape index (κ1) is 13.8. The van der Waals surface area contributed by atoms with Gasteiger partial charge >= 0.3 is 0 Å². The fourth-order valence-electron chi connectivity index (χ4n) is 2.08. The predicted molar refractivity (Wildman–Crippen MR) is 81.8 cm³/mol. The van der Waals surface area contributed by atoms with Crippen molar-refractivity contribution in [2.45, 2.75) is 13.1 Å². The molecule has 0 atom stereocenters. The highest BCUT2D eigenvalue weighted by Gasteiger charge is 2.04. The molecule has 1 N–H and O–H groups in total. The standard InChI is InChI=1S/C16H14N6/c17-8-14-9-20-15(10-19-14)21-11-16-18-6-7-22(16)12-13-4-2-1-3-5-13/h1-7,9-10H,11-12H2,(H,20,21). The Morgan fingerprint density at radius 3 is 2.68 bits per heavy atom. The van der Waals surface area contributed by atoms with Crippen molar-refractivity contribution in [2.24, 2.45) is 0 Å². The van der Waals surface area contributed by atoms with Crippen LogP contribution in [-0.2, 0) is 13.1 Å². The van der Waals surface area contributed by atoms with Crippen molar-refractivity contribution in [1.29, 1.82) is 5.26 Å². The highest BCUT2D eigenvalue weighted by molar-refractivity contribution is 5.33. The summed E-state index contributed by atoms with van der Waals surface area (Å²) in [5.41, 5.74) is 1.52. The van der Waals surface area contributed by atoms with E-state index in [1.807, 2.05) is 30.5 Å². The largest absolute Gasteiger partial charge is 0.362 e. The number of aromatic nitrogens is 4. The van der Waals surface area contributed by atoms with Gasteiger partial charge in [0.05, 0.1) is 18.9 Å². The van der Waals surface area contributed by atoms with Gasteiger partial charge in [0.2, 0.25) is 0 Å². The van der Waals surface area contributed by atoms with E-state index in [9.17, 15) is 0 Å². The quantitative estimate of drug-likeness (QED) is 0.779. The average molecular weight is 290 g/mol. The van der Waals surface area contributed by atoms with E-state index in [0.29, 0.717) is 18.1 Å². The molecular formula is C16H14N6. The van der Waals surface area contributed by atoms with E-state index < -0.39 is 0 Å². The molecule has 6 nitrogen and oxygen atoms in total. The molecule has 6 heteroatoms. The van der Waals surface area contributed by atoms with Crippen molar-refractivity contribution in [3.05, 3.63) is 72.2 Å². The summed E-state index contributed by atoms with van der Waals surface area (Å²) >= 11 is 0. The predicted octanol–water partition coefficient (Wildman–Crippen LogP) is 2.21. The third-order valence-corrected chi connectivity index (χ3v) is 3.19. The van der Waals surface area contributed by atoms with Crippen LogP contribution in [0.15, 0.2) is 55.1 Å². The number of hydrogen-bond donors (Lipinski definition) is 1. The minimum atomic E-state index is 0.302. The molecule has 0 spiro atoms. The molecule has 0 radical (unpaired) electrons. The summed E-state index contributed by atoms with van der Waals surface area (Å²) in [6.07, 6.45) is 6.72. The van der Waals surface area contributed by atoms with Crippen LogP contribution in [-0.4, -0.2) is 19.5 Å². The number of anilines is 1. The Morgan fingerprint density at radius 1 is 1.09 bits per heavy atom. The minimum Gasteiger partial charge on any atom is -0.362 e. The van der Waals surface area contributed by atoms with Crippen LogP contribution in [0.4, 0.5) is 5.82 Å². The number of nitrogens with one attached hydrogen (secondary N) is 1. The normalized spacial score (nSPS) is 10.1. The summed E-state index contributed by atoms with van der Waals surface area (Å²) in [5, 5.41) is 11.9. The van der Waals surface area contributed by atoms with Gasteiger partial charge < -0.3 is 9.88 Å². The topological polar surface area (TPSA) is 79.4 Å². The molecule has 108 valence electrons. The Bertz CT molecular complexity index is 770. The van der Waals surface area contributed by atoms with Crippen LogP contribution in [0, 0.1) is 11.3 Å². The van der Waals surface area contributed by atoms with E-state index in [1.54, 1.807) is 12.4 Å². The van der Waals surface area contributed by atoms with E-state index in [-0.39, 0.29) is 0 Å². The van der Waals surface area contributed by atoms with Crippen molar-refractivity contribution < 1.29 is 0 Å². The minimum absolute atomic E-state index is 0.302. The number of hydrogen-bond acceptors (Lipinski definition) is 5. The molecule has 0 saturated carbocycles. The van der Waals surface area contributed by atoms with Gasteiger partial charge in [0.25, 0.3) is 0 Å². The molecule has 2 aromatic heterocycles. The van der Waals surface area contributed by atoms with Gasteiger partial charge in [0.15, 0.2) is 5.69 Å². The molecule has 0 fully saturated rings. The lowest BCUT2D eigenvalue weighted by Gasteiger charge is -2.09. The van der Waals surface area contributed by atoms with Gasteiger partial charge in [-0.1, -0.05) is 30.3 Å². The van der Waals surface area contributed by atoms with E-state index >= 15 is 0 Å². The second-order valence-corrected chi connectivity index (χ2v) is 4.71. The van der Waals surface area contributed by atoms with Crippen molar-refractivity contribution in [2.75, 3.05) is 5.32 Å². The average Bonchev–Trinajstić information content (AvgIpc) is 3.01. The first-order chi connectivity index (χ1) is 10.8. The molecule has 1 aromatic carbocycles. The zero-order chi connectivity index (χ0) is 15.2. The van der Waals surface area contributed by atoms with Gasteiger partial charge in [-0.3, -0.25) is 0 Å². The zero-order valence-corrected chi connectivity index (χ0v) is 11.8. The van der Waals surface area contributed by atoms with Crippen LogP contribution in [0.25, 0.3) is 0 Å². The van der Waals surface area contributed by atoms with E-state index in [0.717, 1.165) is 12.4 Å². The highest BCUT2D eigenvalue weighted by Crippen LogP contribution is 2.08. The summed E-state index contributed by atoms with van der Waals surface area (Å²) < 4.78 is 2.08. The molecule has 2 heterocycles. The first-order valence-electron chi connectivity index (χ1n) is 6.85. The van der Waals surface area contributed by atoms with Crippen LogP contribution in [0.1, 0.15) is 17.1 Å². The maximum Gasteiger partial charge on any atom is 0.158 e. The summed E-state index contributed by atoms with van der Waals surface area (Å²) in [4.78, 5) is 12.5. The Labute approximate surface area is 128 Å². The van der Waals surface area contributed by atoms with Crippen LogP contribution in [0.2, 0.25) is 0 Å². The maximum absolute atomic E-state index is 8.70. The Morgan fingerprint density at radius 2 is 1.95 bits per heavy atom. The van der Waals surface area contributed by atoms with Crippen LogP contribution >= 0.6 is 0 Å². The van der Waals surface area contributed by atoms with Crippen molar-refractivity contribution in [3.63, 3.8) is 0 Å². The third-order valence-electron chi connectivity index (χ3n) is 3.19. The highest BCUT2D eigenvalue weighted by atomic mass is 15.1. The number of rotatable bonds is 5. The first-order valence-corrected chi connectivity index (χ1v) is 6.85. The fourth-order valence-corrected chi connectivity index (χ4v) is 2.08. The molecule has 0 unspecified atom stereocenters. The lowest BCUT2D eigenvalue weighted by atomic mass is 10.2. The van der Waals surface area contributed by atoms with Crippen LogP contribution < -0.4 is 5.32 Å². The molecule has 3 rings (SSSR count). The molecule has 22 heavy (non-hydrogen) atoms. The number of benzene rings is 1. The summed E-state index contributed by atoms with van der Waals surface area (Å²) in [7, 11) is 0. The summed E-state index contributed by atoms with van der Waals surface area (Å²) in [6.45, 7) is 1.32. The van der Waals surface area contributed by atoms with Gasteiger partial charge in [-0.2, -0.15) is 5.26 Å². The van der Waals surface area contributed by atoms with Gasteiger partial charge in [0.1, 0.15) is 17.7 Å². The van der Waals surface area contributed by atoms with Gasteiger partial charge in [-0.05, 0) is 5.56 Å². The number of imidazole rings is 1. The summed E-state index contributed by atoms with van der Waals surface area (Å²) in [6, 6.07) is 12.2. The lowest BCUT2D eigenvalue weighted by Crippen LogP contribution is -2.10. The SMILES string of the molecule is N#Cc1cnc(NCc2nccn2Cc2ccccc2)cn1. The fraction of sp³-hybridized carbons (Fsp3) is 0.125. The lowest BCUT2D eigenvalue weighted by molar-refractivity contribution is 0.734. The van der Waals surface area contributed by atoms with E-state index in [4.69, 9.17) is 5.26 Å². The monoisotopic (exact) mass is 290 g/mol. The number of nitriles is 1. The Balaban J connectivity index is 1.66. The zero-order valence-electron chi connectivity index (χ0n) is 11.8. The molecule has 0 aliphatic carbocycles. The van der Waals surface area contributed by atoms with E-state index in [1.165, 1.54) is 11.8 Å². The molecule has 0 aliphatic rings. The Hall–Kier alpha value is -3.20. The molecule has 0 bridgehead atoms. The second kappa shape index (κ2) is 6.50. The van der Waals surface area contributed by atoms with Gasteiger partial charge in [-0.25, -0.2) is 15.0 Å². The molecule has 0 amide bonds. The van der Waals surface area contributed by atoms with Crippen LogP contribution in [0.5, 0.6) is 0 Å². The van der Waals surface area contributed by atoms with Crippen molar-refractivity contribution in [1.82, 2.24) is 19.5 Å². The van der Waals surface area contributed by atoms with Crippen molar-refractivity contribution in [3.8, 4) is 6.07 Å². The van der Waals surface area contributed by atoms with Crippen LogP contribution in [0.3, 0.4) is 0 Å². The maximum atomic E-state index is 8.70. The summed E-state index contributed by atoms with van der Waals surface area (Å²) in [5.74, 6) is 1.53. The molecule has 0 saturated heterocycles. The molecule has 0 aliphatic heterocycles. The van der Waals surface area contributed by atoms with Gasteiger partial charge in [0, 0.05) is 18.9 Å². The smallest absolute Gasteiger partial charge is 0.158 e. The van der Waals surface area contributed by atoms with E-state index in [2.05, 4.69) is 37.0 Å². The van der Waals surface area contributed by atoms with Gasteiger partial charge in [-0.15, -0.1) is 0 Å². The molecular weight excluding hydrogens is 276 g/mol. The number of nitrogens with zero attached hydrogens (tertiary/aromatic N) is 5. The molecule has 3 aromatic rings. The second-order valence-electron chi connectivity index (χ2n) is 4.71. The van der Waals surface area contributed by atoms with Crippen molar-refractivity contribution >= 4 is 5.82 Å². The third kappa shape index (κ3) is 3.27.